The van der Waals surface area contributed by atoms with Gasteiger partial charge in [-0.15, -0.1) is 0 Å². The molecule has 1 unspecified atom stereocenters. The molecule has 1 aromatic carbocycles. The summed E-state index contributed by atoms with van der Waals surface area (Å²) in [5.41, 5.74) is -1.83. The standard InChI is InChI=1S/C12H13F4NO/c1-11(18)4-5-17(7-11)10-3-2-8(6-9(10)13)12(14,15)16/h2-3,6,18H,4-5,7H2,1H3. The zero-order valence-electron chi connectivity index (χ0n) is 9.76. The minimum absolute atomic E-state index is 0.0979. The van der Waals surface area contributed by atoms with Gasteiger partial charge in [0.1, 0.15) is 5.82 Å². The van der Waals surface area contributed by atoms with Gasteiger partial charge in [-0.3, -0.25) is 0 Å². The monoisotopic (exact) mass is 263 g/mol. The normalized spacial score (nSPS) is 24.7. The molecular formula is C12H13F4NO. The van der Waals surface area contributed by atoms with Crippen molar-refractivity contribution in [3.05, 3.63) is 29.6 Å². The molecule has 1 aromatic rings. The molecule has 6 heteroatoms. The maximum absolute atomic E-state index is 13.7. The molecular weight excluding hydrogens is 250 g/mol. The second-order valence-electron chi connectivity index (χ2n) is 4.83. The van der Waals surface area contributed by atoms with Crippen molar-refractivity contribution in [3.63, 3.8) is 0 Å². The number of hydrogen-bond acceptors (Lipinski definition) is 2. The van der Waals surface area contributed by atoms with E-state index >= 15 is 0 Å². The van der Waals surface area contributed by atoms with Gasteiger partial charge in [-0.1, -0.05) is 0 Å². The average molecular weight is 263 g/mol. The minimum atomic E-state index is -4.55. The number of rotatable bonds is 1. The van der Waals surface area contributed by atoms with Gasteiger partial charge in [-0.05, 0) is 31.5 Å². The summed E-state index contributed by atoms with van der Waals surface area (Å²) >= 11 is 0. The van der Waals surface area contributed by atoms with E-state index in [0.29, 0.717) is 19.0 Å². The molecule has 1 N–H and O–H groups in total. The van der Waals surface area contributed by atoms with Crippen LogP contribution in [0.4, 0.5) is 23.2 Å². The Morgan fingerprint density at radius 1 is 1.33 bits per heavy atom. The van der Waals surface area contributed by atoms with Crippen molar-refractivity contribution in [1.82, 2.24) is 0 Å². The van der Waals surface area contributed by atoms with E-state index in [2.05, 4.69) is 0 Å². The highest BCUT2D eigenvalue weighted by Crippen LogP contribution is 2.34. The average Bonchev–Trinajstić information content (AvgIpc) is 2.57. The number of benzene rings is 1. The largest absolute Gasteiger partial charge is 0.416 e. The summed E-state index contributed by atoms with van der Waals surface area (Å²) in [6.07, 6.45) is -4.08. The van der Waals surface area contributed by atoms with E-state index in [9.17, 15) is 22.7 Å². The van der Waals surface area contributed by atoms with Gasteiger partial charge < -0.3 is 10.0 Å². The Kier molecular flexibility index (Phi) is 3.01. The number of nitrogens with zero attached hydrogens (tertiary/aromatic N) is 1. The molecule has 0 bridgehead atoms. The lowest BCUT2D eigenvalue weighted by Crippen LogP contribution is -2.30. The molecule has 18 heavy (non-hydrogen) atoms. The molecule has 0 aliphatic carbocycles. The van der Waals surface area contributed by atoms with Gasteiger partial charge in [-0.25, -0.2) is 4.39 Å². The number of hydrogen-bond donors (Lipinski definition) is 1. The quantitative estimate of drug-likeness (QED) is 0.787. The maximum atomic E-state index is 13.7. The Morgan fingerprint density at radius 2 is 2.00 bits per heavy atom. The van der Waals surface area contributed by atoms with E-state index in [4.69, 9.17) is 0 Å². The Hall–Kier alpha value is -1.30. The minimum Gasteiger partial charge on any atom is -0.388 e. The Bertz CT molecular complexity index is 456. The smallest absolute Gasteiger partial charge is 0.388 e. The van der Waals surface area contributed by atoms with Crippen LogP contribution in [0.3, 0.4) is 0 Å². The van der Waals surface area contributed by atoms with Crippen LogP contribution in [0, 0.1) is 5.82 Å². The van der Waals surface area contributed by atoms with Crippen LogP contribution in [0.25, 0.3) is 0 Å². The summed E-state index contributed by atoms with van der Waals surface area (Å²) in [6, 6.07) is 2.45. The molecule has 2 nitrogen and oxygen atoms in total. The summed E-state index contributed by atoms with van der Waals surface area (Å²) in [4.78, 5) is 1.55. The van der Waals surface area contributed by atoms with Crippen molar-refractivity contribution >= 4 is 5.69 Å². The SMILES string of the molecule is CC1(O)CCN(c2ccc(C(F)(F)F)cc2F)C1. The molecule has 0 saturated carbocycles. The highest BCUT2D eigenvalue weighted by molar-refractivity contribution is 5.51. The van der Waals surface area contributed by atoms with Gasteiger partial charge in [0.25, 0.3) is 0 Å². The number of anilines is 1. The molecule has 0 aromatic heterocycles. The van der Waals surface area contributed by atoms with Gasteiger partial charge >= 0.3 is 6.18 Å². The van der Waals surface area contributed by atoms with Gasteiger partial charge in [0, 0.05) is 13.1 Å². The van der Waals surface area contributed by atoms with Crippen LogP contribution < -0.4 is 4.90 Å². The highest BCUT2D eigenvalue weighted by Gasteiger charge is 2.34. The number of aliphatic hydroxyl groups is 1. The molecule has 100 valence electrons. The number of alkyl halides is 3. The number of β-amino-alcohol motifs (C(OH)–C–C–N with tert-alkyl or cyclic N) is 1. The van der Waals surface area contributed by atoms with Gasteiger partial charge in [0.05, 0.1) is 16.9 Å². The van der Waals surface area contributed by atoms with Gasteiger partial charge in [0.2, 0.25) is 0 Å². The second kappa shape index (κ2) is 4.12. The first-order valence-corrected chi connectivity index (χ1v) is 5.53. The Morgan fingerprint density at radius 3 is 2.44 bits per heavy atom. The second-order valence-corrected chi connectivity index (χ2v) is 4.83. The first kappa shape index (κ1) is 13.1. The molecule has 2 rings (SSSR count). The first-order valence-electron chi connectivity index (χ1n) is 5.53. The van der Waals surface area contributed by atoms with E-state index in [1.54, 1.807) is 11.8 Å². The van der Waals surface area contributed by atoms with Crippen LogP contribution >= 0.6 is 0 Å². The molecule has 0 spiro atoms. The predicted octanol–water partition coefficient (Wildman–Crippen LogP) is 2.81. The third-order valence-corrected chi connectivity index (χ3v) is 3.07. The van der Waals surface area contributed by atoms with Crippen molar-refractivity contribution in [2.45, 2.75) is 25.1 Å². The molecule has 1 aliphatic rings. The van der Waals surface area contributed by atoms with Crippen molar-refractivity contribution < 1.29 is 22.7 Å². The maximum Gasteiger partial charge on any atom is 0.416 e. The van der Waals surface area contributed by atoms with Crippen LogP contribution in [0.2, 0.25) is 0 Å². The molecule has 1 atom stereocenters. The molecule has 0 radical (unpaired) electrons. The zero-order chi connectivity index (χ0) is 13.6. The van der Waals surface area contributed by atoms with Crippen LogP contribution in [0.1, 0.15) is 18.9 Å². The van der Waals surface area contributed by atoms with E-state index in [-0.39, 0.29) is 12.2 Å². The fraction of sp³-hybridized carbons (Fsp3) is 0.500. The van der Waals surface area contributed by atoms with Gasteiger partial charge in [-0.2, -0.15) is 13.2 Å². The molecule has 1 heterocycles. The van der Waals surface area contributed by atoms with Crippen LogP contribution in [-0.4, -0.2) is 23.8 Å². The van der Waals surface area contributed by atoms with E-state index in [0.717, 1.165) is 12.1 Å². The molecule has 1 fully saturated rings. The van der Waals surface area contributed by atoms with Crippen LogP contribution in [0.15, 0.2) is 18.2 Å². The summed E-state index contributed by atoms with van der Waals surface area (Å²) in [6.45, 7) is 2.26. The molecule has 1 aliphatic heterocycles. The lowest BCUT2D eigenvalue weighted by atomic mass is 10.1. The summed E-state index contributed by atoms with van der Waals surface area (Å²) in [5.74, 6) is -0.914. The lowest BCUT2D eigenvalue weighted by Gasteiger charge is -2.21. The van der Waals surface area contributed by atoms with Gasteiger partial charge in [0.15, 0.2) is 0 Å². The molecule has 0 amide bonds. The summed E-state index contributed by atoms with van der Waals surface area (Å²) in [5, 5.41) is 9.76. The van der Waals surface area contributed by atoms with Crippen LogP contribution in [-0.2, 0) is 6.18 Å². The van der Waals surface area contributed by atoms with Crippen molar-refractivity contribution in [3.8, 4) is 0 Å². The third kappa shape index (κ3) is 2.58. The Balaban J connectivity index is 2.26. The zero-order valence-corrected chi connectivity index (χ0v) is 9.76. The van der Waals surface area contributed by atoms with Crippen molar-refractivity contribution in [1.29, 1.82) is 0 Å². The highest BCUT2D eigenvalue weighted by atomic mass is 19.4. The van der Waals surface area contributed by atoms with Crippen molar-refractivity contribution in [2.75, 3.05) is 18.0 Å². The fourth-order valence-corrected chi connectivity index (χ4v) is 2.09. The van der Waals surface area contributed by atoms with E-state index in [1.165, 1.54) is 0 Å². The summed E-state index contributed by atoms with van der Waals surface area (Å²) < 4.78 is 50.8. The number of halogens is 4. The molecule has 1 saturated heterocycles. The lowest BCUT2D eigenvalue weighted by molar-refractivity contribution is -0.137. The fourth-order valence-electron chi connectivity index (χ4n) is 2.09. The topological polar surface area (TPSA) is 23.5 Å². The Labute approximate surface area is 102 Å². The van der Waals surface area contributed by atoms with E-state index in [1.807, 2.05) is 0 Å². The third-order valence-electron chi connectivity index (χ3n) is 3.07. The van der Waals surface area contributed by atoms with Crippen LogP contribution in [0.5, 0.6) is 0 Å². The predicted molar refractivity (Wildman–Crippen MR) is 58.9 cm³/mol. The van der Waals surface area contributed by atoms with E-state index < -0.39 is 23.2 Å². The summed E-state index contributed by atoms with van der Waals surface area (Å²) in [7, 11) is 0. The first-order chi connectivity index (χ1) is 8.19. The van der Waals surface area contributed by atoms with Crippen molar-refractivity contribution in [2.24, 2.45) is 0 Å².